The van der Waals surface area contributed by atoms with Crippen molar-refractivity contribution < 1.29 is 28.7 Å². The zero-order chi connectivity index (χ0) is 34.8. The molecule has 0 fully saturated rings. The second kappa shape index (κ2) is 16.4. The SMILES string of the molecule is CCOC(=O)/C(C)=C/[C@H](C(C)C)N(C)C(=O)[C@H](Cc1ccccc1)NC(=O)[C@@H](N(C)C(=O)OC(C)(C)C)C(C)(C)c1ccccc1. The molecule has 9 heteroatoms. The molecule has 0 spiro atoms. The lowest BCUT2D eigenvalue weighted by Crippen LogP contribution is -2.61. The van der Waals surface area contributed by atoms with Gasteiger partial charge in [-0.3, -0.25) is 14.5 Å². The van der Waals surface area contributed by atoms with E-state index in [4.69, 9.17) is 9.47 Å². The van der Waals surface area contributed by atoms with E-state index in [1.54, 1.807) is 59.7 Å². The maximum Gasteiger partial charge on any atom is 0.410 e. The topological polar surface area (TPSA) is 105 Å². The molecule has 252 valence electrons. The number of nitrogens with zero attached hydrogens (tertiary/aromatic N) is 2. The molecule has 46 heavy (non-hydrogen) atoms. The van der Waals surface area contributed by atoms with E-state index in [1.807, 2.05) is 88.4 Å². The Balaban J connectivity index is 2.58. The Morgan fingerprint density at radius 2 is 1.41 bits per heavy atom. The second-order valence-electron chi connectivity index (χ2n) is 13.6. The fraction of sp³-hybridized carbons (Fsp3) is 0.514. The lowest BCUT2D eigenvalue weighted by atomic mass is 9.76. The van der Waals surface area contributed by atoms with Gasteiger partial charge in [0, 0.05) is 31.5 Å². The molecule has 0 aliphatic carbocycles. The molecule has 0 unspecified atom stereocenters. The molecule has 2 aromatic rings. The summed E-state index contributed by atoms with van der Waals surface area (Å²) in [6, 6.07) is 16.5. The van der Waals surface area contributed by atoms with Gasteiger partial charge in [-0.15, -0.1) is 0 Å². The van der Waals surface area contributed by atoms with E-state index in [0.29, 0.717) is 5.57 Å². The fourth-order valence-corrected chi connectivity index (χ4v) is 5.47. The summed E-state index contributed by atoms with van der Waals surface area (Å²) in [5.41, 5.74) is 0.441. The van der Waals surface area contributed by atoms with E-state index in [0.717, 1.165) is 11.1 Å². The predicted molar refractivity (Wildman–Crippen MR) is 181 cm³/mol. The molecule has 0 bridgehead atoms. The first-order valence-electron chi connectivity index (χ1n) is 15.9. The standard InChI is InChI=1S/C37H53N3O6/c1-12-45-34(43)26(4)23-30(25(2)3)39(10)33(42)29(24-27-19-15-13-16-20-27)38-32(41)31(40(11)35(44)46-36(5,6)7)37(8,9)28-21-17-14-18-22-28/h13-23,25,29-31H,12,24H2,1-11H3,(H,38,41)/b26-23+/t29-,30+,31+/m0/s1. The van der Waals surface area contributed by atoms with Gasteiger partial charge in [0.1, 0.15) is 17.7 Å². The van der Waals surface area contributed by atoms with Crippen molar-refractivity contribution in [2.24, 2.45) is 5.92 Å². The number of hydrogen-bond acceptors (Lipinski definition) is 6. The zero-order valence-corrected chi connectivity index (χ0v) is 29.4. The number of benzene rings is 2. The minimum atomic E-state index is -1.03. The molecule has 0 aliphatic heterocycles. The van der Waals surface area contributed by atoms with Crippen molar-refractivity contribution in [3.63, 3.8) is 0 Å². The summed E-state index contributed by atoms with van der Waals surface area (Å²) >= 11 is 0. The molecule has 9 nitrogen and oxygen atoms in total. The number of amides is 3. The van der Waals surface area contributed by atoms with Gasteiger partial charge < -0.3 is 19.7 Å². The van der Waals surface area contributed by atoms with Gasteiger partial charge in [0.25, 0.3) is 0 Å². The van der Waals surface area contributed by atoms with E-state index in [2.05, 4.69) is 5.32 Å². The fourth-order valence-electron chi connectivity index (χ4n) is 5.47. The predicted octanol–water partition coefficient (Wildman–Crippen LogP) is 5.92. The summed E-state index contributed by atoms with van der Waals surface area (Å²) in [5.74, 6) is -1.32. The van der Waals surface area contributed by atoms with Crippen molar-refractivity contribution in [1.29, 1.82) is 0 Å². The zero-order valence-electron chi connectivity index (χ0n) is 29.4. The van der Waals surface area contributed by atoms with E-state index in [-0.39, 0.29) is 24.9 Å². The van der Waals surface area contributed by atoms with Crippen molar-refractivity contribution in [2.45, 2.75) is 97.9 Å². The molecule has 0 aliphatic rings. The minimum Gasteiger partial charge on any atom is -0.463 e. The van der Waals surface area contributed by atoms with Gasteiger partial charge in [-0.25, -0.2) is 9.59 Å². The van der Waals surface area contributed by atoms with Gasteiger partial charge in [0.05, 0.1) is 12.6 Å². The molecule has 3 amide bonds. The van der Waals surface area contributed by atoms with Gasteiger partial charge in [0.2, 0.25) is 11.8 Å². The second-order valence-corrected chi connectivity index (χ2v) is 13.6. The van der Waals surface area contributed by atoms with Crippen LogP contribution in [0.3, 0.4) is 0 Å². The number of ether oxygens (including phenoxy) is 2. The molecular weight excluding hydrogens is 582 g/mol. The monoisotopic (exact) mass is 635 g/mol. The number of likely N-dealkylation sites (N-methyl/N-ethyl adjacent to an activating group) is 2. The molecule has 1 N–H and O–H groups in total. The normalized spacial score (nSPS) is 14.1. The Hall–Kier alpha value is -4.14. The molecule has 0 saturated heterocycles. The first kappa shape index (κ1) is 38.0. The van der Waals surface area contributed by atoms with Gasteiger partial charge in [-0.05, 0) is 51.7 Å². The average molecular weight is 636 g/mol. The van der Waals surface area contributed by atoms with Crippen LogP contribution in [0.5, 0.6) is 0 Å². The van der Waals surface area contributed by atoms with E-state index in [9.17, 15) is 19.2 Å². The maximum atomic E-state index is 14.4. The lowest BCUT2D eigenvalue weighted by Gasteiger charge is -2.41. The molecule has 3 atom stereocenters. The van der Waals surface area contributed by atoms with Crippen LogP contribution in [0.15, 0.2) is 72.3 Å². The number of esters is 1. The molecule has 0 heterocycles. The minimum absolute atomic E-state index is 0.0468. The molecule has 2 aromatic carbocycles. The Morgan fingerprint density at radius 3 is 1.91 bits per heavy atom. The highest BCUT2D eigenvalue weighted by molar-refractivity contribution is 5.93. The van der Waals surface area contributed by atoms with Crippen LogP contribution in [-0.2, 0) is 35.7 Å². The smallest absolute Gasteiger partial charge is 0.410 e. The largest absolute Gasteiger partial charge is 0.463 e. The summed E-state index contributed by atoms with van der Waals surface area (Å²) in [4.78, 5) is 57.4. The van der Waals surface area contributed by atoms with Crippen molar-refractivity contribution in [3.05, 3.63) is 83.4 Å². The number of rotatable bonds is 13. The molecule has 2 rings (SSSR count). The van der Waals surface area contributed by atoms with E-state index in [1.165, 1.54) is 4.90 Å². The quantitative estimate of drug-likeness (QED) is 0.217. The van der Waals surface area contributed by atoms with E-state index < -0.39 is 47.1 Å². The number of hydrogen-bond donors (Lipinski definition) is 1. The highest BCUT2D eigenvalue weighted by Gasteiger charge is 2.44. The summed E-state index contributed by atoms with van der Waals surface area (Å²) < 4.78 is 10.8. The van der Waals surface area contributed by atoms with Crippen LogP contribution in [0, 0.1) is 5.92 Å². The Kier molecular flexibility index (Phi) is 13.6. The first-order valence-corrected chi connectivity index (χ1v) is 15.9. The molecule has 0 radical (unpaired) electrons. The number of nitrogens with one attached hydrogen (secondary N) is 1. The number of carbonyl (C=O) groups is 4. The molecule has 0 saturated carbocycles. The summed E-state index contributed by atoms with van der Waals surface area (Å²) in [7, 11) is 3.21. The van der Waals surface area contributed by atoms with Crippen molar-refractivity contribution in [3.8, 4) is 0 Å². The van der Waals surface area contributed by atoms with Gasteiger partial charge in [-0.2, -0.15) is 0 Å². The summed E-state index contributed by atoms with van der Waals surface area (Å²) in [6.07, 6.45) is 1.30. The number of carbonyl (C=O) groups excluding carboxylic acids is 4. The van der Waals surface area contributed by atoms with Crippen molar-refractivity contribution in [2.75, 3.05) is 20.7 Å². The molecule has 0 aromatic heterocycles. The summed E-state index contributed by atoms with van der Waals surface area (Å²) in [5, 5.41) is 3.02. The Labute approximate surface area is 275 Å². The third kappa shape index (κ3) is 10.5. The highest BCUT2D eigenvalue weighted by Crippen LogP contribution is 2.31. The average Bonchev–Trinajstić information content (AvgIpc) is 2.98. The third-order valence-corrected chi connectivity index (χ3v) is 7.91. The van der Waals surface area contributed by atoms with Crippen molar-refractivity contribution >= 4 is 23.9 Å². The summed E-state index contributed by atoms with van der Waals surface area (Å²) in [6.45, 7) is 16.7. The van der Waals surface area contributed by atoms with Crippen LogP contribution >= 0.6 is 0 Å². The highest BCUT2D eigenvalue weighted by atomic mass is 16.6. The Bertz CT molecular complexity index is 1350. The van der Waals surface area contributed by atoms with Crippen LogP contribution in [0.25, 0.3) is 0 Å². The first-order chi connectivity index (χ1) is 21.4. The van der Waals surface area contributed by atoms with E-state index >= 15 is 0 Å². The maximum absolute atomic E-state index is 14.4. The van der Waals surface area contributed by atoms with Gasteiger partial charge >= 0.3 is 12.1 Å². The van der Waals surface area contributed by atoms with Crippen molar-refractivity contribution in [1.82, 2.24) is 15.1 Å². The van der Waals surface area contributed by atoms with Crippen LogP contribution in [0.4, 0.5) is 4.79 Å². The molecular formula is C37H53N3O6. The third-order valence-electron chi connectivity index (χ3n) is 7.91. The Morgan fingerprint density at radius 1 is 0.870 bits per heavy atom. The van der Waals surface area contributed by atoms with Gasteiger partial charge in [-0.1, -0.05) is 94.4 Å². The van der Waals surface area contributed by atoms with Gasteiger partial charge in [0.15, 0.2) is 0 Å². The van der Waals surface area contributed by atoms with Crippen LogP contribution < -0.4 is 5.32 Å². The van der Waals surface area contributed by atoms with Crippen LogP contribution in [0.1, 0.15) is 73.4 Å². The lowest BCUT2D eigenvalue weighted by molar-refractivity contribution is -0.139. The van der Waals surface area contributed by atoms with Crippen LogP contribution in [0.2, 0.25) is 0 Å². The van der Waals surface area contributed by atoms with Crippen LogP contribution in [-0.4, -0.2) is 78.1 Å².